The molecule has 0 N–H and O–H groups in total. The van der Waals surface area contributed by atoms with E-state index in [9.17, 15) is 9.59 Å². The SMILES string of the molecule is COc1ccc(C(=O)N(CCC23C=CCC(C2)OC3=O)N(C(=S)SC)c2ccccc2)cc1. The minimum absolute atomic E-state index is 0.0780. The van der Waals surface area contributed by atoms with Crippen LogP contribution in [0.2, 0.25) is 0 Å². The number of carbonyl (C=O) groups is 2. The van der Waals surface area contributed by atoms with E-state index in [0.717, 1.165) is 12.1 Å². The quantitative estimate of drug-likeness (QED) is 0.252. The van der Waals surface area contributed by atoms with Crippen LogP contribution < -0.4 is 9.75 Å². The lowest BCUT2D eigenvalue weighted by Gasteiger charge is -2.37. The summed E-state index contributed by atoms with van der Waals surface area (Å²) in [5, 5.41) is 3.39. The molecule has 0 saturated carbocycles. The molecule has 2 aromatic rings. The molecule has 2 unspecified atom stereocenters. The number of thioether (sulfide) groups is 1. The molecule has 8 heteroatoms. The molecule has 4 rings (SSSR count). The van der Waals surface area contributed by atoms with E-state index in [1.54, 1.807) is 41.4 Å². The summed E-state index contributed by atoms with van der Waals surface area (Å²) in [6, 6.07) is 16.5. The smallest absolute Gasteiger partial charge is 0.316 e. The van der Waals surface area contributed by atoms with Gasteiger partial charge in [-0.1, -0.05) is 54.3 Å². The molecule has 172 valence electrons. The van der Waals surface area contributed by atoms with E-state index in [1.165, 1.54) is 11.8 Å². The number of ether oxygens (including phenoxy) is 2. The second kappa shape index (κ2) is 9.97. The zero-order valence-corrected chi connectivity index (χ0v) is 20.2. The van der Waals surface area contributed by atoms with Crippen molar-refractivity contribution >= 4 is 45.9 Å². The first kappa shape index (κ1) is 23.3. The first-order valence-corrected chi connectivity index (χ1v) is 12.4. The molecular formula is C25H26N2O4S2. The summed E-state index contributed by atoms with van der Waals surface area (Å²) < 4.78 is 11.3. The van der Waals surface area contributed by atoms with Crippen LogP contribution in [0, 0.1) is 5.41 Å². The Labute approximate surface area is 203 Å². The van der Waals surface area contributed by atoms with Gasteiger partial charge in [0.1, 0.15) is 11.9 Å². The molecule has 2 bridgehead atoms. The Morgan fingerprint density at radius 3 is 2.61 bits per heavy atom. The summed E-state index contributed by atoms with van der Waals surface area (Å²) in [6.45, 7) is 0.298. The maximum absolute atomic E-state index is 13.8. The first-order chi connectivity index (χ1) is 16.0. The highest BCUT2D eigenvalue weighted by atomic mass is 32.2. The average molecular weight is 483 g/mol. The van der Waals surface area contributed by atoms with Gasteiger partial charge >= 0.3 is 5.97 Å². The number of amides is 1. The van der Waals surface area contributed by atoms with Gasteiger partial charge in [-0.3, -0.25) is 9.59 Å². The van der Waals surface area contributed by atoms with Crippen LogP contribution in [0.25, 0.3) is 0 Å². The molecule has 1 heterocycles. The summed E-state index contributed by atoms with van der Waals surface area (Å²) in [6.07, 6.45) is 7.60. The monoisotopic (exact) mass is 482 g/mol. The second-order valence-electron chi connectivity index (χ2n) is 8.05. The number of rotatable bonds is 6. The molecule has 6 nitrogen and oxygen atoms in total. The second-order valence-corrected chi connectivity index (χ2v) is 9.49. The zero-order valence-electron chi connectivity index (χ0n) is 18.6. The predicted molar refractivity (Wildman–Crippen MR) is 134 cm³/mol. The number of fused-ring (bicyclic) bond motifs is 2. The third-order valence-corrected chi connectivity index (χ3v) is 7.23. The molecule has 1 aliphatic carbocycles. The van der Waals surface area contributed by atoms with E-state index in [-0.39, 0.29) is 18.0 Å². The van der Waals surface area contributed by atoms with Crippen LogP contribution >= 0.6 is 24.0 Å². The van der Waals surface area contributed by atoms with Gasteiger partial charge < -0.3 is 9.47 Å². The average Bonchev–Trinajstić information content (AvgIpc) is 3.08. The summed E-state index contributed by atoms with van der Waals surface area (Å²) in [7, 11) is 1.59. The van der Waals surface area contributed by atoms with Crippen LogP contribution in [-0.4, -0.2) is 47.2 Å². The molecule has 2 atom stereocenters. The van der Waals surface area contributed by atoms with E-state index < -0.39 is 5.41 Å². The number of anilines is 1. The van der Waals surface area contributed by atoms with Gasteiger partial charge in [0, 0.05) is 24.9 Å². The number of carbonyl (C=O) groups excluding carboxylic acids is 2. The Kier molecular flexibility index (Phi) is 7.05. The van der Waals surface area contributed by atoms with E-state index >= 15 is 0 Å². The van der Waals surface area contributed by atoms with Gasteiger partial charge in [-0.05, 0) is 49.1 Å². The maximum atomic E-state index is 13.8. The molecule has 1 fully saturated rings. The fourth-order valence-electron chi connectivity index (χ4n) is 4.28. The van der Waals surface area contributed by atoms with Crippen LogP contribution in [-0.2, 0) is 9.53 Å². The number of benzene rings is 2. The Morgan fingerprint density at radius 1 is 1.21 bits per heavy atom. The highest BCUT2D eigenvalue weighted by Gasteiger charge is 2.49. The van der Waals surface area contributed by atoms with Gasteiger partial charge in [0.2, 0.25) is 0 Å². The van der Waals surface area contributed by atoms with E-state index in [1.807, 2.05) is 48.7 Å². The lowest BCUT2D eigenvalue weighted by molar-refractivity contribution is -0.146. The van der Waals surface area contributed by atoms with Crippen molar-refractivity contribution in [2.45, 2.75) is 25.4 Å². The molecule has 1 saturated heterocycles. The number of hydrogen-bond acceptors (Lipinski definition) is 6. The molecule has 1 amide bonds. The third-order valence-electron chi connectivity index (χ3n) is 6.04. The van der Waals surface area contributed by atoms with Crippen molar-refractivity contribution < 1.29 is 19.1 Å². The largest absolute Gasteiger partial charge is 0.497 e. The van der Waals surface area contributed by atoms with Crippen LogP contribution in [0.15, 0.2) is 66.7 Å². The van der Waals surface area contributed by atoms with Gasteiger partial charge in [0.05, 0.1) is 18.2 Å². The number of nitrogens with zero attached hydrogens (tertiary/aromatic N) is 2. The molecule has 0 spiro atoms. The minimum Gasteiger partial charge on any atom is -0.497 e. The topological polar surface area (TPSA) is 59.1 Å². The van der Waals surface area contributed by atoms with Crippen molar-refractivity contribution in [1.82, 2.24) is 5.01 Å². The van der Waals surface area contributed by atoms with Crippen molar-refractivity contribution in [2.24, 2.45) is 5.41 Å². The van der Waals surface area contributed by atoms with E-state index in [0.29, 0.717) is 35.0 Å². The van der Waals surface area contributed by atoms with Crippen LogP contribution in [0.4, 0.5) is 5.69 Å². The molecule has 2 aliphatic rings. The molecular weight excluding hydrogens is 456 g/mol. The van der Waals surface area contributed by atoms with Crippen LogP contribution in [0.5, 0.6) is 5.75 Å². The van der Waals surface area contributed by atoms with Crippen molar-refractivity contribution in [3.63, 3.8) is 0 Å². The molecule has 2 aromatic carbocycles. The van der Waals surface area contributed by atoms with Gasteiger partial charge in [0.15, 0.2) is 4.32 Å². The molecule has 33 heavy (non-hydrogen) atoms. The normalized spacial score (nSPS) is 20.8. The van der Waals surface area contributed by atoms with Gasteiger partial charge in [-0.15, -0.1) is 0 Å². The lowest BCUT2D eigenvalue weighted by atomic mass is 9.77. The van der Waals surface area contributed by atoms with E-state index in [4.69, 9.17) is 21.7 Å². The number of esters is 1. The number of hydrogen-bond donors (Lipinski definition) is 0. The fourth-order valence-corrected chi connectivity index (χ4v) is 4.86. The van der Waals surface area contributed by atoms with Crippen LogP contribution in [0.1, 0.15) is 29.6 Å². The first-order valence-electron chi connectivity index (χ1n) is 10.7. The fraction of sp³-hybridized carbons (Fsp3) is 0.320. The third kappa shape index (κ3) is 4.77. The standard InChI is InChI=1S/C25H26N2O4S2/c1-30-20-12-10-18(11-13-20)22(28)26(27(24(32)33-2)19-7-4-3-5-8-19)16-15-25-14-6-9-21(17-25)31-23(25)29/h3-8,10-14,21H,9,15-17H2,1-2H3. The molecule has 1 aliphatic heterocycles. The van der Waals surface area contributed by atoms with Gasteiger partial charge in [-0.25, -0.2) is 10.0 Å². The Morgan fingerprint density at radius 2 is 1.94 bits per heavy atom. The summed E-state index contributed by atoms with van der Waals surface area (Å²) >= 11 is 7.06. The molecule has 0 aromatic heterocycles. The number of methoxy groups -OCH3 is 1. The lowest BCUT2D eigenvalue weighted by Crippen LogP contribution is -2.50. The van der Waals surface area contributed by atoms with Crippen molar-refractivity contribution in [2.75, 3.05) is 24.9 Å². The van der Waals surface area contributed by atoms with Gasteiger partial charge in [0.25, 0.3) is 5.91 Å². The Bertz CT molecular complexity index is 1060. The van der Waals surface area contributed by atoms with Gasteiger partial charge in [-0.2, -0.15) is 0 Å². The number of hydrazine groups is 1. The van der Waals surface area contributed by atoms with Crippen molar-refractivity contribution in [1.29, 1.82) is 0 Å². The summed E-state index contributed by atoms with van der Waals surface area (Å²) in [4.78, 5) is 26.5. The predicted octanol–water partition coefficient (Wildman–Crippen LogP) is 4.86. The Balaban J connectivity index is 1.69. The number of para-hydroxylation sites is 1. The zero-order chi connectivity index (χ0) is 23.4. The van der Waals surface area contributed by atoms with Crippen LogP contribution in [0.3, 0.4) is 0 Å². The number of thiocarbonyl (C=S) groups is 1. The summed E-state index contributed by atoms with van der Waals surface area (Å²) in [5.74, 6) is 0.248. The van der Waals surface area contributed by atoms with Crippen molar-refractivity contribution in [3.05, 3.63) is 72.3 Å². The van der Waals surface area contributed by atoms with E-state index in [2.05, 4.69) is 0 Å². The van der Waals surface area contributed by atoms with Crippen molar-refractivity contribution in [3.8, 4) is 5.75 Å². The highest BCUT2D eigenvalue weighted by molar-refractivity contribution is 8.22. The minimum atomic E-state index is -0.704. The highest BCUT2D eigenvalue weighted by Crippen LogP contribution is 2.43. The Hall–Kier alpha value is -2.84. The summed E-state index contributed by atoms with van der Waals surface area (Å²) in [5.41, 5.74) is 0.580. The maximum Gasteiger partial charge on any atom is 0.316 e. The molecule has 0 radical (unpaired) electrons.